The second kappa shape index (κ2) is 7.66. The summed E-state index contributed by atoms with van der Waals surface area (Å²) in [7, 11) is -3.86. The molecule has 2 aliphatic rings. The average molecular weight is 381 g/mol. The van der Waals surface area contributed by atoms with Crippen molar-refractivity contribution in [3.63, 3.8) is 0 Å². The highest BCUT2D eigenvalue weighted by Crippen LogP contribution is 2.26. The van der Waals surface area contributed by atoms with Gasteiger partial charge in [-0.2, -0.15) is 0 Å². The number of piperidine rings is 1. The average Bonchev–Trinajstić information content (AvgIpc) is 3.09. The van der Waals surface area contributed by atoms with Crippen LogP contribution in [-0.2, 0) is 14.8 Å². The molecule has 0 aromatic heterocycles. The van der Waals surface area contributed by atoms with Gasteiger partial charge in [-0.3, -0.25) is 4.79 Å². The van der Waals surface area contributed by atoms with Gasteiger partial charge in [0.1, 0.15) is 0 Å². The molecule has 144 valence electrons. The molecule has 1 aromatic rings. The van der Waals surface area contributed by atoms with Crippen LogP contribution >= 0.6 is 0 Å². The molecular weight excluding hydrogens is 352 g/mol. The Morgan fingerprint density at radius 3 is 2.23 bits per heavy atom. The molecule has 7 heteroatoms. The summed E-state index contributed by atoms with van der Waals surface area (Å²) in [5.74, 6) is -0.141. The van der Waals surface area contributed by atoms with Gasteiger partial charge in [0.15, 0.2) is 0 Å². The molecule has 1 saturated heterocycles. The zero-order valence-electron chi connectivity index (χ0n) is 15.5. The van der Waals surface area contributed by atoms with Crippen LogP contribution in [0.5, 0.6) is 0 Å². The first-order valence-electron chi connectivity index (χ1n) is 9.34. The number of likely N-dealkylation sites (tertiary alicyclic amines) is 1. The molecule has 0 bridgehead atoms. The topological polar surface area (TPSA) is 89.7 Å². The molecule has 0 unspecified atom stereocenters. The second-order valence-corrected chi connectivity index (χ2v) is 9.03. The Bertz CT molecular complexity index is 777. The molecule has 1 aliphatic heterocycles. The lowest BCUT2D eigenvalue weighted by Crippen LogP contribution is -2.41. The van der Waals surface area contributed by atoms with Crippen molar-refractivity contribution in [3.8, 4) is 0 Å². The minimum Gasteiger partial charge on any atom is -0.375 e. The monoisotopic (exact) mass is 380 g/mol. The molecule has 1 saturated carbocycles. The van der Waals surface area contributed by atoms with E-state index in [4.69, 9.17) is 9.88 Å². The number of primary sulfonamides is 1. The number of hydrogen-bond acceptors (Lipinski definition) is 4. The molecule has 0 atom stereocenters. The highest BCUT2D eigenvalue weighted by atomic mass is 32.2. The molecule has 3 rings (SSSR count). The maximum atomic E-state index is 12.8. The Morgan fingerprint density at radius 2 is 1.65 bits per heavy atom. The first-order valence-corrected chi connectivity index (χ1v) is 10.9. The minimum atomic E-state index is -3.86. The van der Waals surface area contributed by atoms with Crippen LogP contribution in [-0.4, -0.2) is 44.5 Å². The van der Waals surface area contributed by atoms with Crippen molar-refractivity contribution >= 4 is 15.9 Å². The number of nitrogens with zero attached hydrogens (tertiary/aromatic N) is 1. The first kappa shape index (κ1) is 19.3. The van der Waals surface area contributed by atoms with Crippen LogP contribution < -0.4 is 5.14 Å². The number of sulfonamides is 1. The molecule has 1 aromatic carbocycles. The Balaban J connectivity index is 1.68. The largest absolute Gasteiger partial charge is 0.375 e. The van der Waals surface area contributed by atoms with Crippen LogP contribution in [0.25, 0.3) is 0 Å². The van der Waals surface area contributed by atoms with Gasteiger partial charge in [0.05, 0.1) is 17.1 Å². The highest BCUT2D eigenvalue weighted by molar-refractivity contribution is 7.89. The molecule has 6 nitrogen and oxygen atoms in total. The van der Waals surface area contributed by atoms with Crippen molar-refractivity contribution < 1.29 is 17.9 Å². The summed E-state index contributed by atoms with van der Waals surface area (Å²) in [4.78, 5) is 14.7. The summed E-state index contributed by atoms with van der Waals surface area (Å²) in [5, 5.41) is 5.30. The van der Waals surface area contributed by atoms with Crippen LogP contribution in [0.3, 0.4) is 0 Å². The number of rotatable bonds is 4. The third-order valence-electron chi connectivity index (χ3n) is 5.59. The normalized spacial score (nSPS) is 19.9. The summed E-state index contributed by atoms with van der Waals surface area (Å²) in [5.41, 5.74) is 1.72. The van der Waals surface area contributed by atoms with Gasteiger partial charge in [-0.1, -0.05) is 12.8 Å². The first-order chi connectivity index (χ1) is 12.3. The number of carbonyl (C=O) groups is 1. The summed E-state index contributed by atoms with van der Waals surface area (Å²) >= 11 is 0. The van der Waals surface area contributed by atoms with Gasteiger partial charge < -0.3 is 9.64 Å². The maximum absolute atomic E-state index is 12.8. The number of carbonyl (C=O) groups excluding carboxylic acids is 1. The van der Waals surface area contributed by atoms with Crippen molar-refractivity contribution in [1.82, 2.24) is 4.90 Å². The molecule has 1 heterocycles. The second-order valence-electron chi connectivity index (χ2n) is 7.50. The molecule has 0 radical (unpaired) electrons. The van der Waals surface area contributed by atoms with Crippen molar-refractivity contribution in [2.24, 2.45) is 5.14 Å². The number of aryl methyl sites for hydroxylation is 1. The number of ether oxygens (including phenoxy) is 1. The van der Waals surface area contributed by atoms with E-state index in [1.54, 1.807) is 24.8 Å². The van der Waals surface area contributed by atoms with Gasteiger partial charge in [-0.05, 0) is 62.8 Å². The zero-order valence-corrected chi connectivity index (χ0v) is 16.3. The number of benzene rings is 1. The minimum absolute atomic E-state index is 0.0281. The van der Waals surface area contributed by atoms with Crippen LogP contribution in [0.2, 0.25) is 0 Å². The fraction of sp³-hybridized carbons (Fsp3) is 0.632. The van der Waals surface area contributed by atoms with Crippen LogP contribution in [0.1, 0.15) is 60.0 Å². The Morgan fingerprint density at radius 1 is 1.08 bits per heavy atom. The maximum Gasteiger partial charge on any atom is 0.253 e. The van der Waals surface area contributed by atoms with Gasteiger partial charge in [0.2, 0.25) is 10.0 Å². The van der Waals surface area contributed by atoms with E-state index in [-0.39, 0.29) is 16.9 Å². The quantitative estimate of drug-likeness (QED) is 0.869. The van der Waals surface area contributed by atoms with E-state index in [0.717, 1.165) is 31.2 Å². The summed E-state index contributed by atoms with van der Waals surface area (Å²) in [6.45, 7) is 4.76. The van der Waals surface area contributed by atoms with E-state index < -0.39 is 10.0 Å². The third-order valence-corrected chi connectivity index (χ3v) is 6.63. The highest BCUT2D eigenvalue weighted by Gasteiger charge is 2.28. The van der Waals surface area contributed by atoms with E-state index in [0.29, 0.717) is 30.3 Å². The van der Waals surface area contributed by atoms with Crippen molar-refractivity contribution in [3.05, 3.63) is 28.8 Å². The Labute approximate surface area is 155 Å². The summed E-state index contributed by atoms with van der Waals surface area (Å²) < 4.78 is 29.8. The SMILES string of the molecule is Cc1cc(C(=O)N2CCC(OC3CCCC3)CC2)cc(S(N)(=O)=O)c1C. The molecule has 26 heavy (non-hydrogen) atoms. The van der Waals surface area contributed by atoms with Gasteiger partial charge in [0.25, 0.3) is 5.91 Å². The predicted molar refractivity (Wildman–Crippen MR) is 99.6 cm³/mol. The molecule has 1 aliphatic carbocycles. The standard InChI is InChI=1S/C19H28N2O4S/c1-13-11-15(12-18(14(13)2)26(20,23)24)19(22)21-9-7-17(8-10-21)25-16-5-3-4-6-16/h11-12,16-17H,3-10H2,1-2H3,(H2,20,23,24). The number of hydrogen-bond donors (Lipinski definition) is 1. The predicted octanol–water partition coefficient (Wildman–Crippen LogP) is 2.51. The van der Waals surface area contributed by atoms with Crippen molar-refractivity contribution in [2.45, 2.75) is 69.5 Å². The fourth-order valence-corrected chi connectivity index (χ4v) is 4.80. The third kappa shape index (κ3) is 4.27. The van der Waals surface area contributed by atoms with E-state index in [2.05, 4.69) is 0 Å². The summed E-state index contributed by atoms with van der Waals surface area (Å²) in [6, 6.07) is 3.15. The lowest BCUT2D eigenvalue weighted by Gasteiger charge is -2.33. The number of amides is 1. The van der Waals surface area contributed by atoms with E-state index in [1.807, 2.05) is 0 Å². The van der Waals surface area contributed by atoms with Gasteiger partial charge >= 0.3 is 0 Å². The van der Waals surface area contributed by atoms with E-state index in [9.17, 15) is 13.2 Å². The van der Waals surface area contributed by atoms with Gasteiger partial charge in [0, 0.05) is 18.7 Å². The lowest BCUT2D eigenvalue weighted by atomic mass is 10.0. The fourth-order valence-electron chi connectivity index (χ4n) is 3.92. The summed E-state index contributed by atoms with van der Waals surface area (Å²) in [6.07, 6.45) is 7.07. The molecule has 1 amide bonds. The van der Waals surface area contributed by atoms with Crippen molar-refractivity contribution in [2.75, 3.05) is 13.1 Å². The van der Waals surface area contributed by atoms with Crippen LogP contribution in [0.15, 0.2) is 17.0 Å². The van der Waals surface area contributed by atoms with E-state index >= 15 is 0 Å². The molecule has 2 N–H and O–H groups in total. The Kier molecular flexibility index (Phi) is 5.69. The van der Waals surface area contributed by atoms with Gasteiger partial charge in [-0.25, -0.2) is 13.6 Å². The van der Waals surface area contributed by atoms with Crippen LogP contribution in [0, 0.1) is 13.8 Å². The van der Waals surface area contributed by atoms with E-state index in [1.165, 1.54) is 18.9 Å². The lowest BCUT2D eigenvalue weighted by molar-refractivity contribution is -0.0357. The molecular formula is C19H28N2O4S. The van der Waals surface area contributed by atoms with Crippen molar-refractivity contribution in [1.29, 1.82) is 0 Å². The molecule has 0 spiro atoms. The Hall–Kier alpha value is -1.44. The number of nitrogens with two attached hydrogens (primary N) is 1. The zero-order chi connectivity index (χ0) is 18.9. The molecule has 2 fully saturated rings. The smallest absolute Gasteiger partial charge is 0.253 e. The van der Waals surface area contributed by atoms with Crippen LogP contribution in [0.4, 0.5) is 0 Å². The van der Waals surface area contributed by atoms with Gasteiger partial charge in [-0.15, -0.1) is 0 Å².